The van der Waals surface area contributed by atoms with Gasteiger partial charge in [0.05, 0.1) is 79.3 Å². The Morgan fingerprint density at radius 3 is 1.45 bits per heavy atom. The minimum atomic E-state index is -1.41. The van der Waals surface area contributed by atoms with Crippen molar-refractivity contribution in [3.8, 4) is 5.75 Å². The normalized spacial score (nSPS) is 13.3. The van der Waals surface area contributed by atoms with Crippen molar-refractivity contribution in [3.05, 3.63) is 90.7 Å². The molecule has 19 nitrogen and oxygen atoms in total. The van der Waals surface area contributed by atoms with Crippen molar-refractivity contribution in [1.82, 2.24) is 5.32 Å². The van der Waals surface area contributed by atoms with E-state index < -0.39 is 54.8 Å². The van der Waals surface area contributed by atoms with Crippen LogP contribution in [0.3, 0.4) is 0 Å². The van der Waals surface area contributed by atoms with E-state index in [1.165, 1.54) is 11.3 Å². The van der Waals surface area contributed by atoms with Crippen LogP contribution in [-0.4, -0.2) is 154 Å². The maximum atomic E-state index is 13.8. The molecule has 3 unspecified atom stereocenters. The monoisotopic (exact) mass is 963 g/mol. The van der Waals surface area contributed by atoms with E-state index >= 15 is 0 Å². The predicted octanol–water partition coefficient (Wildman–Crippen LogP) is 4.66. The summed E-state index contributed by atoms with van der Waals surface area (Å²) in [5.41, 5.74) is -1.56. The Morgan fingerprint density at radius 1 is 0.582 bits per heavy atom. The summed E-state index contributed by atoms with van der Waals surface area (Å²) in [5.74, 6) is -1.94. The second kappa shape index (κ2) is 33.4. The van der Waals surface area contributed by atoms with Gasteiger partial charge in [-0.15, -0.1) is 11.3 Å². The number of carbonyl (C=O) groups is 4. The van der Waals surface area contributed by atoms with Crippen LogP contribution in [0, 0.1) is 0 Å². The van der Waals surface area contributed by atoms with E-state index in [4.69, 9.17) is 61.6 Å². The van der Waals surface area contributed by atoms with Gasteiger partial charge in [-0.1, -0.05) is 39.3 Å². The Balaban J connectivity index is 0.0000154. The Labute approximate surface area is 395 Å². The number of fused-ring (bicyclic) bond motifs is 2. The third-order valence-electron chi connectivity index (χ3n) is 8.76. The minimum absolute atomic E-state index is 0. The fraction of sp³-hybridized carbons (Fsp3) is 0.511. The van der Waals surface area contributed by atoms with Gasteiger partial charge in [-0.2, -0.15) is 0 Å². The van der Waals surface area contributed by atoms with Crippen molar-refractivity contribution in [2.75, 3.05) is 106 Å². The van der Waals surface area contributed by atoms with Crippen molar-refractivity contribution >= 4 is 55.3 Å². The van der Waals surface area contributed by atoms with Gasteiger partial charge in [-0.3, -0.25) is 9.59 Å². The van der Waals surface area contributed by atoms with Gasteiger partial charge in [0.2, 0.25) is 0 Å². The summed E-state index contributed by atoms with van der Waals surface area (Å²) in [6.07, 6.45) is 0.730. The molecule has 0 spiro atoms. The number of esters is 3. The highest BCUT2D eigenvalue weighted by atomic mass is 32.1. The molecule has 0 aliphatic carbocycles. The molecule has 1 N–H and O–H groups in total. The maximum absolute atomic E-state index is 13.8. The van der Waals surface area contributed by atoms with Gasteiger partial charge >= 0.3 is 17.9 Å². The Bertz CT molecular complexity index is 1930. The Kier molecular flexibility index (Phi) is 28.9. The first-order valence-corrected chi connectivity index (χ1v) is 21.9. The number of amides is 1. The lowest BCUT2D eigenvalue weighted by molar-refractivity contribution is -0.202. The van der Waals surface area contributed by atoms with E-state index in [0.717, 1.165) is 27.6 Å². The summed E-state index contributed by atoms with van der Waals surface area (Å²) >= 11 is 1.48. The molecule has 0 bridgehead atoms. The lowest BCUT2D eigenvalue weighted by Crippen LogP contribution is -2.60. The van der Waals surface area contributed by atoms with Gasteiger partial charge in [0.1, 0.15) is 31.1 Å². The molecule has 1 aromatic heterocycles. The minimum Gasteiger partial charge on any atom is -0.484 e. The first-order valence-electron chi connectivity index (χ1n) is 21.1. The van der Waals surface area contributed by atoms with Crippen LogP contribution >= 0.6 is 11.3 Å². The topological polar surface area (TPSA) is 217 Å². The van der Waals surface area contributed by atoms with Crippen LogP contribution in [0.1, 0.15) is 28.2 Å². The van der Waals surface area contributed by atoms with Crippen LogP contribution in [0.2, 0.25) is 0 Å². The van der Waals surface area contributed by atoms with E-state index in [2.05, 4.69) is 25.1 Å². The van der Waals surface area contributed by atoms with Gasteiger partial charge in [-0.25, -0.2) is 14.4 Å². The summed E-state index contributed by atoms with van der Waals surface area (Å²) in [4.78, 5) is 60.9. The second-order valence-electron chi connectivity index (χ2n) is 13.9. The zero-order valence-corrected chi connectivity index (χ0v) is 38.5. The van der Waals surface area contributed by atoms with Gasteiger partial charge in [0.25, 0.3) is 5.91 Å². The molecule has 1 amide bonds. The summed E-state index contributed by atoms with van der Waals surface area (Å²) in [5, 5.41) is 4.01. The van der Waals surface area contributed by atoms with Gasteiger partial charge in [0, 0.05) is 38.4 Å². The fourth-order valence-corrected chi connectivity index (χ4v) is 6.52. The van der Waals surface area contributed by atoms with Crippen LogP contribution in [0.5, 0.6) is 5.75 Å². The molecule has 0 saturated heterocycles. The quantitative estimate of drug-likeness (QED) is 0.0208. The summed E-state index contributed by atoms with van der Waals surface area (Å²) in [6.45, 7) is 15.4. The SMILES string of the molecule is C.C=CC(=O)OCCOCCOC(C)OCC(COC(C)OCCOCCOC(=O)C=C)(COC(C)OCCOCCOC(=O)C=C)NC(=O)COc1ccc2sc3ccccc3c(=O)c2c1. The molecule has 1 heterocycles. The lowest BCUT2D eigenvalue weighted by atomic mass is 10.0. The first kappa shape index (κ1) is 58.0. The van der Waals surface area contributed by atoms with Crippen molar-refractivity contribution in [1.29, 1.82) is 0 Å². The summed E-state index contributed by atoms with van der Waals surface area (Å²) in [7, 11) is 0. The number of hydrogen-bond acceptors (Lipinski definition) is 19. The number of rotatable bonds is 37. The number of nitrogens with one attached hydrogen (secondary N) is 1. The maximum Gasteiger partial charge on any atom is 0.330 e. The van der Waals surface area contributed by atoms with E-state index in [1.54, 1.807) is 51.1 Å². The summed E-state index contributed by atoms with van der Waals surface area (Å²) in [6, 6.07) is 12.4. The van der Waals surface area contributed by atoms with E-state index in [9.17, 15) is 24.0 Å². The highest BCUT2D eigenvalue weighted by Gasteiger charge is 2.36. The van der Waals surface area contributed by atoms with Gasteiger partial charge < -0.3 is 66.9 Å². The molecule has 372 valence electrons. The molecule has 0 aliphatic rings. The molecule has 2 aromatic carbocycles. The molecule has 0 saturated carbocycles. The number of hydrogen-bond donors (Lipinski definition) is 1. The van der Waals surface area contributed by atoms with Crippen LogP contribution < -0.4 is 15.5 Å². The zero-order chi connectivity index (χ0) is 48.0. The van der Waals surface area contributed by atoms with Crippen molar-refractivity contribution in [2.45, 2.75) is 52.6 Å². The fourth-order valence-electron chi connectivity index (χ4n) is 5.47. The van der Waals surface area contributed by atoms with Crippen molar-refractivity contribution in [2.24, 2.45) is 0 Å². The third-order valence-corrected chi connectivity index (χ3v) is 9.91. The average Bonchev–Trinajstić information content (AvgIpc) is 3.32. The van der Waals surface area contributed by atoms with Crippen molar-refractivity contribution in [3.63, 3.8) is 0 Å². The zero-order valence-electron chi connectivity index (χ0n) is 37.7. The highest BCUT2D eigenvalue weighted by molar-refractivity contribution is 7.24. The van der Waals surface area contributed by atoms with E-state index in [1.807, 2.05) is 12.1 Å². The van der Waals surface area contributed by atoms with Crippen LogP contribution in [0.4, 0.5) is 0 Å². The average molecular weight is 964 g/mol. The van der Waals surface area contributed by atoms with Crippen molar-refractivity contribution < 1.29 is 80.8 Å². The van der Waals surface area contributed by atoms with Crippen LogP contribution in [0.25, 0.3) is 20.2 Å². The second-order valence-corrected chi connectivity index (χ2v) is 15.0. The molecule has 3 aromatic rings. The molecule has 3 rings (SSSR count). The highest BCUT2D eigenvalue weighted by Crippen LogP contribution is 2.27. The van der Waals surface area contributed by atoms with Gasteiger partial charge in [0.15, 0.2) is 30.9 Å². The summed E-state index contributed by atoms with van der Waals surface area (Å²) < 4.78 is 74.3. The van der Waals surface area contributed by atoms with E-state index in [-0.39, 0.29) is 112 Å². The number of carbonyl (C=O) groups excluding carboxylic acids is 4. The first-order chi connectivity index (χ1) is 31.9. The standard InChI is InChI=1S/C46H61NO18S.CH4/c1-7-42(49)59-25-19-53-16-22-56-33(4)63-30-46(31-64-34(5)57-23-17-54-20-26-60-43(50)8-2,32-65-35(6)58-24-18-55-21-27-61-44(51)9-3)47-41(48)29-62-36-14-15-40-38(28-36)45(52)37-12-10-11-13-39(37)66-40;/h7-15,28,33-35H,1-3,16-27,29-32H2,4-6H3,(H,47,48);1H4. The van der Waals surface area contributed by atoms with Crippen LogP contribution in [-0.2, 0) is 76.0 Å². The Morgan fingerprint density at radius 2 is 1.00 bits per heavy atom. The predicted molar refractivity (Wildman–Crippen MR) is 249 cm³/mol. The molecule has 3 atom stereocenters. The third kappa shape index (κ3) is 23.4. The molecule has 0 aliphatic heterocycles. The molecule has 0 fully saturated rings. The van der Waals surface area contributed by atoms with Gasteiger partial charge in [-0.05, 0) is 51.1 Å². The Hall–Kier alpha value is -5.13. The molecular weight excluding hydrogens is 899 g/mol. The molecule has 0 radical (unpaired) electrons. The smallest absolute Gasteiger partial charge is 0.330 e. The number of benzene rings is 2. The van der Waals surface area contributed by atoms with E-state index in [0.29, 0.717) is 16.5 Å². The molecule has 20 heteroatoms. The number of ether oxygens (including phenoxy) is 13. The molecule has 67 heavy (non-hydrogen) atoms. The largest absolute Gasteiger partial charge is 0.484 e. The lowest BCUT2D eigenvalue weighted by Gasteiger charge is -2.36. The molecular formula is C47H65NO18S. The van der Waals surface area contributed by atoms with Crippen LogP contribution in [0.15, 0.2) is 85.2 Å².